The number of carbonyl (C=O) groups is 1. The van der Waals surface area contributed by atoms with E-state index in [-0.39, 0.29) is 5.91 Å². The molecule has 156 valence electrons. The second-order valence-corrected chi connectivity index (χ2v) is 6.84. The van der Waals surface area contributed by atoms with Crippen LogP contribution in [-0.4, -0.2) is 37.0 Å². The average Bonchev–Trinajstić information content (AvgIpc) is 3.25. The standard InChI is InChI=1S/C23H27N5O2/c1-17-9-11-19(12-10-17)22-28-20(16-30-22)15-27-23(24-2)26-14-6-13-25-21(29)18-7-4-3-5-8-18/h3-5,7-12,16H,6,13-15H2,1-2H3,(H,25,29)(H2,24,26,27). The van der Waals surface area contributed by atoms with Gasteiger partial charge in [-0.2, -0.15) is 0 Å². The number of oxazole rings is 1. The number of nitrogens with zero attached hydrogens (tertiary/aromatic N) is 2. The largest absolute Gasteiger partial charge is 0.444 e. The molecule has 0 bridgehead atoms. The van der Waals surface area contributed by atoms with Crippen LogP contribution in [0.4, 0.5) is 0 Å². The summed E-state index contributed by atoms with van der Waals surface area (Å²) >= 11 is 0. The van der Waals surface area contributed by atoms with E-state index in [1.165, 1.54) is 5.56 Å². The lowest BCUT2D eigenvalue weighted by Crippen LogP contribution is -2.38. The molecule has 3 rings (SSSR count). The van der Waals surface area contributed by atoms with Gasteiger partial charge in [-0.05, 0) is 37.6 Å². The van der Waals surface area contributed by atoms with Gasteiger partial charge >= 0.3 is 0 Å². The summed E-state index contributed by atoms with van der Waals surface area (Å²) < 4.78 is 5.58. The molecule has 1 amide bonds. The Labute approximate surface area is 176 Å². The molecule has 2 aromatic carbocycles. The van der Waals surface area contributed by atoms with E-state index in [0.717, 1.165) is 17.7 Å². The van der Waals surface area contributed by atoms with Gasteiger partial charge in [-0.15, -0.1) is 0 Å². The van der Waals surface area contributed by atoms with E-state index in [1.807, 2.05) is 49.4 Å². The molecule has 7 nitrogen and oxygen atoms in total. The first-order valence-corrected chi connectivity index (χ1v) is 9.95. The topological polar surface area (TPSA) is 91.5 Å². The highest BCUT2D eigenvalue weighted by Crippen LogP contribution is 2.18. The van der Waals surface area contributed by atoms with Crippen molar-refractivity contribution in [3.05, 3.63) is 77.7 Å². The van der Waals surface area contributed by atoms with Crippen LogP contribution in [-0.2, 0) is 6.54 Å². The Hall–Kier alpha value is -3.61. The summed E-state index contributed by atoms with van der Waals surface area (Å²) in [5.74, 6) is 1.21. The number of nitrogens with one attached hydrogen (secondary N) is 3. The van der Waals surface area contributed by atoms with Gasteiger partial charge in [0.1, 0.15) is 6.26 Å². The summed E-state index contributed by atoms with van der Waals surface area (Å²) in [4.78, 5) is 20.7. The summed E-state index contributed by atoms with van der Waals surface area (Å²) in [7, 11) is 1.72. The van der Waals surface area contributed by atoms with E-state index >= 15 is 0 Å². The molecule has 1 heterocycles. The van der Waals surface area contributed by atoms with Gasteiger partial charge in [0.15, 0.2) is 5.96 Å². The van der Waals surface area contributed by atoms with Crippen molar-refractivity contribution in [2.24, 2.45) is 4.99 Å². The number of carbonyl (C=O) groups excluding carboxylic acids is 1. The van der Waals surface area contributed by atoms with E-state index in [0.29, 0.717) is 37.0 Å². The molecule has 0 unspecified atom stereocenters. The molecule has 3 aromatic rings. The molecule has 0 aliphatic carbocycles. The van der Waals surface area contributed by atoms with Gasteiger partial charge in [0.25, 0.3) is 5.91 Å². The van der Waals surface area contributed by atoms with Crippen LogP contribution in [0.5, 0.6) is 0 Å². The van der Waals surface area contributed by atoms with Crippen LogP contribution in [0.1, 0.15) is 28.0 Å². The molecular formula is C23H27N5O2. The first-order valence-electron chi connectivity index (χ1n) is 9.95. The van der Waals surface area contributed by atoms with Crippen LogP contribution in [0.15, 0.2) is 70.3 Å². The molecule has 0 fully saturated rings. The molecule has 0 aliphatic heterocycles. The van der Waals surface area contributed by atoms with Gasteiger partial charge < -0.3 is 20.4 Å². The zero-order valence-corrected chi connectivity index (χ0v) is 17.3. The third-order valence-electron chi connectivity index (χ3n) is 4.48. The Morgan fingerprint density at radius 3 is 2.47 bits per heavy atom. The van der Waals surface area contributed by atoms with E-state index < -0.39 is 0 Å². The van der Waals surface area contributed by atoms with Gasteiger partial charge in [-0.3, -0.25) is 9.79 Å². The van der Waals surface area contributed by atoms with Gasteiger partial charge in [0.05, 0.1) is 12.2 Å². The minimum atomic E-state index is -0.0616. The van der Waals surface area contributed by atoms with E-state index in [2.05, 4.69) is 25.9 Å². The molecule has 0 radical (unpaired) electrons. The lowest BCUT2D eigenvalue weighted by molar-refractivity contribution is 0.0953. The number of aliphatic imine (C=N–C) groups is 1. The van der Waals surface area contributed by atoms with Crippen molar-refractivity contribution in [1.29, 1.82) is 0 Å². The lowest BCUT2D eigenvalue weighted by Gasteiger charge is -2.11. The summed E-state index contributed by atoms with van der Waals surface area (Å²) in [6.07, 6.45) is 2.43. The normalized spacial score (nSPS) is 11.2. The molecule has 0 spiro atoms. The minimum absolute atomic E-state index is 0.0616. The molecule has 7 heteroatoms. The highest BCUT2D eigenvalue weighted by molar-refractivity contribution is 5.94. The Bertz CT molecular complexity index is 965. The second kappa shape index (κ2) is 10.8. The quantitative estimate of drug-likeness (QED) is 0.304. The van der Waals surface area contributed by atoms with E-state index in [1.54, 1.807) is 25.4 Å². The number of aryl methyl sites for hydroxylation is 1. The monoisotopic (exact) mass is 405 g/mol. The summed E-state index contributed by atoms with van der Waals surface area (Å²) in [5.41, 5.74) is 3.61. The maximum atomic E-state index is 12.0. The number of hydrogen-bond acceptors (Lipinski definition) is 4. The Kier molecular flexibility index (Phi) is 7.60. The number of guanidine groups is 1. The van der Waals surface area contributed by atoms with Crippen molar-refractivity contribution < 1.29 is 9.21 Å². The average molecular weight is 406 g/mol. The molecule has 0 saturated heterocycles. The van der Waals surface area contributed by atoms with E-state index in [4.69, 9.17) is 4.42 Å². The van der Waals surface area contributed by atoms with Crippen LogP contribution >= 0.6 is 0 Å². The van der Waals surface area contributed by atoms with Gasteiger partial charge in [0, 0.05) is 31.3 Å². The first kappa shape index (κ1) is 21.1. The van der Waals surface area contributed by atoms with Crippen molar-refractivity contribution in [2.45, 2.75) is 19.9 Å². The molecular weight excluding hydrogens is 378 g/mol. The molecule has 3 N–H and O–H groups in total. The van der Waals surface area contributed by atoms with E-state index in [9.17, 15) is 4.79 Å². The SMILES string of the molecule is CN=C(NCCCNC(=O)c1ccccc1)NCc1coc(-c2ccc(C)cc2)n1. The summed E-state index contributed by atoms with van der Waals surface area (Å²) in [5, 5.41) is 9.35. The number of aromatic nitrogens is 1. The lowest BCUT2D eigenvalue weighted by atomic mass is 10.1. The molecule has 1 aromatic heterocycles. The van der Waals surface area contributed by atoms with Crippen LogP contribution in [0.2, 0.25) is 0 Å². The maximum absolute atomic E-state index is 12.0. The fourth-order valence-electron chi connectivity index (χ4n) is 2.80. The third kappa shape index (κ3) is 6.20. The molecule has 0 aliphatic rings. The van der Waals surface area contributed by atoms with Crippen molar-refractivity contribution >= 4 is 11.9 Å². The highest BCUT2D eigenvalue weighted by atomic mass is 16.3. The predicted molar refractivity (Wildman–Crippen MR) is 118 cm³/mol. The summed E-state index contributed by atoms with van der Waals surface area (Å²) in [6.45, 7) is 3.81. The number of rotatable bonds is 8. The molecule has 30 heavy (non-hydrogen) atoms. The third-order valence-corrected chi connectivity index (χ3v) is 4.48. The van der Waals surface area contributed by atoms with Gasteiger partial charge in [-0.25, -0.2) is 4.98 Å². The van der Waals surface area contributed by atoms with Crippen LogP contribution in [0.3, 0.4) is 0 Å². The molecule has 0 saturated carbocycles. The summed E-state index contributed by atoms with van der Waals surface area (Å²) in [6, 6.07) is 17.3. The van der Waals surface area contributed by atoms with Gasteiger partial charge in [0.2, 0.25) is 5.89 Å². The van der Waals surface area contributed by atoms with Crippen molar-refractivity contribution in [3.8, 4) is 11.5 Å². The maximum Gasteiger partial charge on any atom is 0.251 e. The Morgan fingerprint density at radius 1 is 1.00 bits per heavy atom. The van der Waals surface area contributed by atoms with Crippen LogP contribution in [0.25, 0.3) is 11.5 Å². The van der Waals surface area contributed by atoms with Gasteiger partial charge in [-0.1, -0.05) is 35.9 Å². The van der Waals surface area contributed by atoms with Crippen LogP contribution < -0.4 is 16.0 Å². The fraction of sp³-hybridized carbons (Fsp3) is 0.261. The zero-order chi connectivity index (χ0) is 21.2. The van der Waals surface area contributed by atoms with Crippen molar-refractivity contribution in [1.82, 2.24) is 20.9 Å². The first-order chi connectivity index (χ1) is 14.7. The number of hydrogen-bond donors (Lipinski definition) is 3. The fourth-order valence-corrected chi connectivity index (χ4v) is 2.80. The number of benzene rings is 2. The Balaban J connectivity index is 1.37. The van der Waals surface area contributed by atoms with Crippen molar-refractivity contribution in [3.63, 3.8) is 0 Å². The van der Waals surface area contributed by atoms with Crippen molar-refractivity contribution in [2.75, 3.05) is 20.1 Å². The zero-order valence-electron chi connectivity index (χ0n) is 17.3. The smallest absolute Gasteiger partial charge is 0.251 e. The minimum Gasteiger partial charge on any atom is -0.444 e. The Morgan fingerprint density at radius 2 is 1.73 bits per heavy atom. The molecule has 0 atom stereocenters. The second-order valence-electron chi connectivity index (χ2n) is 6.84. The predicted octanol–water partition coefficient (Wildman–Crippen LogP) is 3.14. The van der Waals surface area contributed by atoms with Crippen LogP contribution in [0, 0.1) is 6.92 Å². The number of amides is 1. The highest BCUT2D eigenvalue weighted by Gasteiger charge is 2.07.